The molecule has 0 bridgehead atoms. The summed E-state index contributed by atoms with van der Waals surface area (Å²) < 4.78 is 10.2. The fraction of sp³-hybridized carbons (Fsp3) is 0.909. The molecule has 0 spiro atoms. The SMILES string of the molecule is COC(CC(C)(NCC1CC1)C(N)=O)OC. The molecule has 0 heterocycles. The van der Waals surface area contributed by atoms with Crippen molar-refractivity contribution in [1.29, 1.82) is 0 Å². The molecule has 0 aromatic carbocycles. The Labute approximate surface area is 96.7 Å². The minimum atomic E-state index is -0.765. The van der Waals surface area contributed by atoms with Crippen molar-refractivity contribution in [2.75, 3.05) is 20.8 Å². The van der Waals surface area contributed by atoms with Crippen molar-refractivity contribution in [3.63, 3.8) is 0 Å². The van der Waals surface area contributed by atoms with Gasteiger partial charge in [0.25, 0.3) is 0 Å². The number of rotatable bonds is 8. The van der Waals surface area contributed by atoms with Crippen LogP contribution < -0.4 is 11.1 Å². The highest BCUT2D eigenvalue weighted by atomic mass is 16.7. The molecule has 1 rings (SSSR count). The summed E-state index contributed by atoms with van der Waals surface area (Å²) in [7, 11) is 3.10. The largest absolute Gasteiger partial charge is 0.368 e. The summed E-state index contributed by atoms with van der Waals surface area (Å²) in [4.78, 5) is 11.5. The maximum absolute atomic E-state index is 11.5. The summed E-state index contributed by atoms with van der Waals surface area (Å²) in [6.07, 6.45) is 2.48. The third-order valence-corrected chi connectivity index (χ3v) is 3.12. The van der Waals surface area contributed by atoms with E-state index in [0.29, 0.717) is 12.3 Å². The number of methoxy groups -OCH3 is 2. The van der Waals surface area contributed by atoms with Crippen molar-refractivity contribution < 1.29 is 14.3 Å². The number of primary amides is 1. The van der Waals surface area contributed by atoms with Gasteiger partial charge in [-0.1, -0.05) is 0 Å². The lowest BCUT2D eigenvalue weighted by Gasteiger charge is -2.30. The van der Waals surface area contributed by atoms with Crippen LogP contribution in [-0.4, -0.2) is 38.5 Å². The molecule has 1 amide bonds. The van der Waals surface area contributed by atoms with Gasteiger partial charge in [-0.3, -0.25) is 4.79 Å². The number of nitrogens with two attached hydrogens (primary N) is 1. The van der Waals surface area contributed by atoms with Gasteiger partial charge in [-0.15, -0.1) is 0 Å². The van der Waals surface area contributed by atoms with E-state index in [1.165, 1.54) is 12.8 Å². The van der Waals surface area contributed by atoms with Crippen LogP contribution in [0.4, 0.5) is 0 Å². The molecule has 1 fully saturated rings. The second-order valence-corrected chi connectivity index (χ2v) is 4.63. The van der Waals surface area contributed by atoms with Crippen LogP contribution in [0.25, 0.3) is 0 Å². The summed E-state index contributed by atoms with van der Waals surface area (Å²) in [5.41, 5.74) is 4.66. The van der Waals surface area contributed by atoms with Gasteiger partial charge in [-0.05, 0) is 32.2 Å². The van der Waals surface area contributed by atoms with Gasteiger partial charge in [0.1, 0.15) is 0 Å². The molecule has 5 heteroatoms. The zero-order chi connectivity index (χ0) is 12.2. The number of carbonyl (C=O) groups is 1. The van der Waals surface area contributed by atoms with Crippen molar-refractivity contribution >= 4 is 5.91 Å². The maximum Gasteiger partial charge on any atom is 0.237 e. The Morgan fingerprint density at radius 1 is 1.50 bits per heavy atom. The molecule has 3 N–H and O–H groups in total. The molecule has 0 radical (unpaired) electrons. The average molecular weight is 230 g/mol. The zero-order valence-corrected chi connectivity index (χ0v) is 10.3. The van der Waals surface area contributed by atoms with Crippen LogP contribution in [0.1, 0.15) is 26.2 Å². The standard InChI is InChI=1S/C11H22N2O3/c1-11(10(12)14,6-9(15-2)16-3)13-7-8-4-5-8/h8-9,13H,4-7H2,1-3H3,(H2,12,14). The van der Waals surface area contributed by atoms with Gasteiger partial charge in [0, 0.05) is 20.6 Å². The zero-order valence-electron chi connectivity index (χ0n) is 10.3. The lowest BCUT2D eigenvalue weighted by molar-refractivity contribution is -0.138. The molecular weight excluding hydrogens is 208 g/mol. The number of ether oxygens (including phenoxy) is 2. The van der Waals surface area contributed by atoms with Crippen LogP contribution in [0, 0.1) is 5.92 Å². The monoisotopic (exact) mass is 230 g/mol. The molecule has 1 unspecified atom stereocenters. The van der Waals surface area contributed by atoms with Crippen LogP contribution in [0.15, 0.2) is 0 Å². The van der Waals surface area contributed by atoms with Crippen LogP contribution in [0.2, 0.25) is 0 Å². The summed E-state index contributed by atoms with van der Waals surface area (Å²) >= 11 is 0. The van der Waals surface area contributed by atoms with E-state index in [0.717, 1.165) is 6.54 Å². The smallest absolute Gasteiger partial charge is 0.237 e. The normalized spacial score (nSPS) is 19.8. The highest BCUT2D eigenvalue weighted by Crippen LogP contribution is 2.28. The van der Waals surface area contributed by atoms with E-state index in [1.54, 1.807) is 21.1 Å². The van der Waals surface area contributed by atoms with Crippen LogP contribution in [0.3, 0.4) is 0 Å². The summed E-state index contributed by atoms with van der Waals surface area (Å²) in [5.74, 6) is 0.328. The lowest BCUT2D eigenvalue weighted by Crippen LogP contribution is -2.55. The van der Waals surface area contributed by atoms with Gasteiger partial charge in [0.15, 0.2) is 6.29 Å². The number of carbonyl (C=O) groups excluding carboxylic acids is 1. The number of hydrogen-bond acceptors (Lipinski definition) is 4. The van der Waals surface area contributed by atoms with Gasteiger partial charge in [-0.2, -0.15) is 0 Å². The van der Waals surface area contributed by atoms with Gasteiger partial charge >= 0.3 is 0 Å². The van der Waals surface area contributed by atoms with E-state index in [9.17, 15) is 4.79 Å². The molecular formula is C11H22N2O3. The van der Waals surface area contributed by atoms with Crippen molar-refractivity contribution in [2.24, 2.45) is 11.7 Å². The lowest BCUT2D eigenvalue weighted by atomic mass is 9.96. The van der Waals surface area contributed by atoms with Crippen LogP contribution in [0.5, 0.6) is 0 Å². The molecule has 0 aromatic heterocycles. The molecule has 0 saturated heterocycles. The average Bonchev–Trinajstić information content (AvgIpc) is 3.06. The highest BCUT2D eigenvalue weighted by molar-refractivity contribution is 5.84. The Bertz CT molecular complexity index is 239. The van der Waals surface area contributed by atoms with E-state index >= 15 is 0 Å². The third kappa shape index (κ3) is 3.73. The summed E-state index contributed by atoms with van der Waals surface area (Å²) in [6, 6.07) is 0. The molecule has 1 aliphatic carbocycles. The minimum Gasteiger partial charge on any atom is -0.368 e. The quantitative estimate of drug-likeness (QED) is 0.586. The number of hydrogen-bond donors (Lipinski definition) is 2. The van der Waals surface area contributed by atoms with E-state index in [-0.39, 0.29) is 5.91 Å². The Hall–Kier alpha value is -0.650. The third-order valence-electron chi connectivity index (χ3n) is 3.12. The van der Waals surface area contributed by atoms with Crippen LogP contribution >= 0.6 is 0 Å². The summed E-state index contributed by atoms with van der Waals surface area (Å²) in [5, 5.41) is 3.22. The first kappa shape index (κ1) is 13.4. The van der Waals surface area contributed by atoms with E-state index < -0.39 is 11.8 Å². The second kappa shape index (κ2) is 5.61. The van der Waals surface area contributed by atoms with Gasteiger partial charge in [-0.25, -0.2) is 0 Å². The van der Waals surface area contributed by atoms with Crippen molar-refractivity contribution in [3.8, 4) is 0 Å². The van der Waals surface area contributed by atoms with Crippen molar-refractivity contribution in [3.05, 3.63) is 0 Å². The first-order valence-corrected chi connectivity index (χ1v) is 5.62. The topological polar surface area (TPSA) is 73.6 Å². The Kier molecular flexibility index (Phi) is 4.70. The fourth-order valence-corrected chi connectivity index (χ4v) is 1.55. The van der Waals surface area contributed by atoms with Gasteiger partial charge in [0.05, 0.1) is 5.54 Å². The predicted molar refractivity (Wildman–Crippen MR) is 60.7 cm³/mol. The Balaban J connectivity index is 2.51. The molecule has 94 valence electrons. The first-order valence-electron chi connectivity index (χ1n) is 5.62. The maximum atomic E-state index is 11.5. The first-order chi connectivity index (χ1) is 7.51. The van der Waals surface area contributed by atoms with Crippen molar-refractivity contribution in [1.82, 2.24) is 5.32 Å². The number of amides is 1. The van der Waals surface area contributed by atoms with E-state index in [4.69, 9.17) is 15.2 Å². The minimum absolute atomic E-state index is 0.368. The highest BCUT2D eigenvalue weighted by Gasteiger charge is 2.35. The predicted octanol–water partition coefficient (Wildman–Crippen LogP) is 0.239. The van der Waals surface area contributed by atoms with Crippen LogP contribution in [-0.2, 0) is 14.3 Å². The van der Waals surface area contributed by atoms with Gasteiger partial charge < -0.3 is 20.5 Å². The van der Waals surface area contributed by atoms with Crippen molar-refractivity contribution in [2.45, 2.75) is 38.0 Å². The Morgan fingerprint density at radius 3 is 2.44 bits per heavy atom. The molecule has 1 saturated carbocycles. The Morgan fingerprint density at radius 2 is 2.06 bits per heavy atom. The molecule has 16 heavy (non-hydrogen) atoms. The number of nitrogens with one attached hydrogen (secondary N) is 1. The molecule has 5 nitrogen and oxygen atoms in total. The van der Waals surface area contributed by atoms with E-state index in [1.807, 2.05) is 0 Å². The van der Waals surface area contributed by atoms with E-state index in [2.05, 4.69) is 5.32 Å². The molecule has 0 aromatic rings. The molecule has 0 aliphatic heterocycles. The molecule has 1 aliphatic rings. The second-order valence-electron chi connectivity index (χ2n) is 4.63. The van der Waals surface area contributed by atoms with Gasteiger partial charge in [0.2, 0.25) is 5.91 Å². The summed E-state index contributed by atoms with van der Waals surface area (Å²) in [6.45, 7) is 2.63. The fourth-order valence-electron chi connectivity index (χ4n) is 1.55. The molecule has 1 atom stereocenters.